The maximum atomic E-state index is 12.3. The van der Waals surface area contributed by atoms with Crippen molar-refractivity contribution in [1.82, 2.24) is 5.32 Å². The van der Waals surface area contributed by atoms with Crippen LogP contribution in [-0.4, -0.2) is 33.6 Å². The molecular weight excluding hydrogens is 405 g/mol. The van der Waals surface area contributed by atoms with E-state index in [1.807, 2.05) is 0 Å². The molecule has 0 aliphatic carbocycles. The van der Waals surface area contributed by atoms with E-state index in [9.17, 15) is 13.2 Å². The Morgan fingerprint density at radius 1 is 1.33 bits per heavy atom. The highest BCUT2D eigenvalue weighted by Gasteiger charge is 2.24. The number of carbonyl (C=O) groups excluding carboxylic acids is 1. The largest absolute Gasteiger partial charge is 0.381 e. The van der Waals surface area contributed by atoms with Gasteiger partial charge in [0.15, 0.2) is 0 Å². The molecule has 0 atom stereocenters. The molecule has 1 aliphatic heterocycles. The summed E-state index contributed by atoms with van der Waals surface area (Å²) >= 11 is 9.16. The minimum atomic E-state index is -4.03. The molecule has 0 saturated carbocycles. The van der Waals surface area contributed by atoms with Crippen LogP contribution >= 0.6 is 38.2 Å². The molecular formula is C12H12BrCl2NO4S. The summed E-state index contributed by atoms with van der Waals surface area (Å²) in [5.74, 6) is -0.435. The van der Waals surface area contributed by atoms with Crippen molar-refractivity contribution >= 4 is 53.2 Å². The molecule has 0 spiro atoms. The lowest BCUT2D eigenvalue weighted by atomic mass is 10.1. The number of carbonyl (C=O) groups is 1. The van der Waals surface area contributed by atoms with Gasteiger partial charge in [-0.15, -0.1) is 0 Å². The van der Waals surface area contributed by atoms with Gasteiger partial charge in [-0.25, -0.2) is 8.42 Å². The third-order valence-electron chi connectivity index (χ3n) is 3.07. The lowest BCUT2D eigenvalue weighted by Gasteiger charge is -2.23. The molecule has 1 N–H and O–H groups in total. The van der Waals surface area contributed by atoms with Gasteiger partial charge < -0.3 is 10.1 Å². The Balaban J connectivity index is 2.30. The van der Waals surface area contributed by atoms with Crippen LogP contribution in [0.1, 0.15) is 23.2 Å². The summed E-state index contributed by atoms with van der Waals surface area (Å²) in [5.41, 5.74) is 0.0664. The summed E-state index contributed by atoms with van der Waals surface area (Å²) in [6, 6.07) is 2.70. The van der Waals surface area contributed by atoms with Crippen LogP contribution < -0.4 is 5.32 Å². The highest BCUT2D eigenvalue weighted by Crippen LogP contribution is 2.31. The van der Waals surface area contributed by atoms with Crippen molar-refractivity contribution in [3.63, 3.8) is 0 Å². The maximum Gasteiger partial charge on any atom is 0.262 e. The standard InChI is InChI=1S/C12H12BrCl2NO4S/c13-7-5-9(11(14)10(6-7)21(15,18)19)12(17)16-8-1-3-20-4-2-8/h5-6,8H,1-4H2,(H,16,17). The molecule has 2 rings (SSSR count). The Morgan fingerprint density at radius 3 is 2.52 bits per heavy atom. The monoisotopic (exact) mass is 415 g/mol. The van der Waals surface area contributed by atoms with Gasteiger partial charge in [0.05, 0.1) is 10.6 Å². The lowest BCUT2D eigenvalue weighted by molar-refractivity contribution is 0.0696. The molecule has 1 heterocycles. The SMILES string of the molecule is O=C(NC1CCOCC1)c1cc(Br)cc(S(=O)(=O)Cl)c1Cl. The smallest absolute Gasteiger partial charge is 0.262 e. The molecule has 21 heavy (non-hydrogen) atoms. The number of nitrogens with one attached hydrogen (secondary N) is 1. The first-order chi connectivity index (χ1) is 9.79. The molecule has 1 fully saturated rings. The first kappa shape index (κ1) is 17.0. The number of benzene rings is 1. The van der Waals surface area contributed by atoms with Gasteiger partial charge in [-0.1, -0.05) is 27.5 Å². The average Bonchev–Trinajstić information content (AvgIpc) is 2.40. The van der Waals surface area contributed by atoms with E-state index in [2.05, 4.69) is 21.2 Å². The number of ether oxygens (including phenoxy) is 1. The molecule has 0 radical (unpaired) electrons. The van der Waals surface area contributed by atoms with E-state index in [4.69, 9.17) is 27.0 Å². The van der Waals surface area contributed by atoms with Gasteiger partial charge in [-0.2, -0.15) is 0 Å². The van der Waals surface area contributed by atoms with Crippen LogP contribution in [-0.2, 0) is 13.8 Å². The van der Waals surface area contributed by atoms with E-state index in [0.29, 0.717) is 30.5 Å². The third-order valence-corrected chi connectivity index (χ3v) is 5.39. The van der Waals surface area contributed by atoms with E-state index in [1.54, 1.807) is 0 Å². The summed E-state index contributed by atoms with van der Waals surface area (Å²) < 4.78 is 28.6. The van der Waals surface area contributed by atoms with Crippen LogP contribution in [0.3, 0.4) is 0 Å². The number of halogens is 3. The van der Waals surface area contributed by atoms with Crippen LogP contribution in [0.2, 0.25) is 5.02 Å². The molecule has 1 amide bonds. The van der Waals surface area contributed by atoms with Crippen LogP contribution in [0.25, 0.3) is 0 Å². The Hall–Kier alpha value is -0.340. The zero-order valence-corrected chi connectivity index (χ0v) is 14.6. The van der Waals surface area contributed by atoms with Gasteiger partial charge in [0, 0.05) is 34.4 Å². The van der Waals surface area contributed by atoms with E-state index in [-0.39, 0.29) is 21.5 Å². The van der Waals surface area contributed by atoms with Crippen molar-refractivity contribution in [2.45, 2.75) is 23.8 Å². The first-order valence-corrected chi connectivity index (χ1v) is 9.59. The van der Waals surface area contributed by atoms with Crippen LogP contribution in [0.4, 0.5) is 0 Å². The Morgan fingerprint density at radius 2 is 1.95 bits per heavy atom. The number of rotatable bonds is 3. The fourth-order valence-electron chi connectivity index (χ4n) is 2.01. The fourth-order valence-corrected chi connectivity index (χ4v) is 4.20. The molecule has 1 saturated heterocycles. The molecule has 1 aliphatic rings. The normalized spacial score (nSPS) is 16.7. The zero-order valence-electron chi connectivity index (χ0n) is 10.7. The van der Waals surface area contributed by atoms with Crippen molar-refractivity contribution in [3.8, 4) is 0 Å². The molecule has 0 bridgehead atoms. The van der Waals surface area contributed by atoms with E-state index in [0.717, 1.165) is 0 Å². The van der Waals surface area contributed by atoms with Crippen LogP contribution in [0.15, 0.2) is 21.5 Å². The lowest BCUT2D eigenvalue weighted by Crippen LogP contribution is -2.39. The van der Waals surface area contributed by atoms with E-state index in [1.165, 1.54) is 12.1 Å². The number of amides is 1. The number of hydrogen-bond acceptors (Lipinski definition) is 4. The predicted octanol–water partition coefficient (Wildman–Crippen LogP) is 2.94. The second-order valence-electron chi connectivity index (χ2n) is 4.56. The van der Waals surface area contributed by atoms with Crippen molar-refractivity contribution < 1.29 is 17.9 Å². The van der Waals surface area contributed by atoms with Gasteiger partial charge in [0.1, 0.15) is 4.90 Å². The average molecular weight is 417 g/mol. The van der Waals surface area contributed by atoms with Gasteiger partial charge in [-0.05, 0) is 25.0 Å². The minimum Gasteiger partial charge on any atom is -0.381 e. The highest BCUT2D eigenvalue weighted by atomic mass is 79.9. The van der Waals surface area contributed by atoms with Gasteiger partial charge in [-0.3, -0.25) is 4.79 Å². The van der Waals surface area contributed by atoms with E-state index >= 15 is 0 Å². The Bertz CT molecular complexity index is 659. The van der Waals surface area contributed by atoms with Gasteiger partial charge >= 0.3 is 0 Å². The summed E-state index contributed by atoms with van der Waals surface area (Å²) in [6.45, 7) is 1.16. The quantitative estimate of drug-likeness (QED) is 0.768. The van der Waals surface area contributed by atoms with Crippen molar-refractivity contribution in [2.24, 2.45) is 0 Å². The van der Waals surface area contributed by atoms with Gasteiger partial charge in [0.2, 0.25) is 0 Å². The molecule has 1 aromatic rings. The molecule has 5 nitrogen and oxygen atoms in total. The molecule has 0 aromatic heterocycles. The topological polar surface area (TPSA) is 72.5 Å². The Kier molecular flexibility index (Phi) is 5.54. The Labute approximate surface area is 140 Å². The molecule has 9 heteroatoms. The highest BCUT2D eigenvalue weighted by molar-refractivity contribution is 9.10. The number of hydrogen-bond donors (Lipinski definition) is 1. The van der Waals surface area contributed by atoms with Crippen molar-refractivity contribution in [1.29, 1.82) is 0 Å². The third kappa shape index (κ3) is 4.32. The maximum absolute atomic E-state index is 12.3. The van der Waals surface area contributed by atoms with E-state index < -0.39 is 15.0 Å². The minimum absolute atomic E-state index is 0.0163. The summed E-state index contributed by atoms with van der Waals surface area (Å²) in [6.07, 6.45) is 1.41. The second-order valence-corrected chi connectivity index (χ2v) is 8.39. The van der Waals surface area contributed by atoms with Crippen LogP contribution in [0, 0.1) is 0 Å². The molecule has 116 valence electrons. The van der Waals surface area contributed by atoms with Crippen LogP contribution in [0.5, 0.6) is 0 Å². The zero-order chi connectivity index (χ0) is 15.6. The van der Waals surface area contributed by atoms with Gasteiger partial charge in [0.25, 0.3) is 15.0 Å². The van der Waals surface area contributed by atoms with Crippen molar-refractivity contribution in [3.05, 3.63) is 27.2 Å². The predicted molar refractivity (Wildman–Crippen MR) is 83.5 cm³/mol. The summed E-state index contributed by atoms with van der Waals surface area (Å²) in [4.78, 5) is 12.0. The van der Waals surface area contributed by atoms with Crippen molar-refractivity contribution in [2.75, 3.05) is 13.2 Å². The summed E-state index contributed by atoms with van der Waals surface area (Å²) in [7, 11) is 1.29. The second kappa shape index (κ2) is 6.83. The summed E-state index contributed by atoms with van der Waals surface area (Å²) in [5, 5.41) is 2.64. The molecule has 0 unspecified atom stereocenters. The fraction of sp³-hybridized carbons (Fsp3) is 0.417. The first-order valence-electron chi connectivity index (χ1n) is 6.11. The molecule has 1 aromatic carbocycles.